The second-order valence-electron chi connectivity index (χ2n) is 11.1. The van der Waals surface area contributed by atoms with E-state index in [9.17, 15) is 0 Å². The first-order valence-electron chi connectivity index (χ1n) is 13.7. The quantitative estimate of drug-likeness (QED) is 0.147. The van der Waals surface area contributed by atoms with E-state index in [2.05, 4.69) is 88.6 Å². The van der Waals surface area contributed by atoms with Crippen LogP contribution in [0.25, 0.3) is 0 Å². The molecule has 0 saturated heterocycles. The third-order valence-electron chi connectivity index (χ3n) is 6.45. The van der Waals surface area contributed by atoms with Crippen LogP contribution in [0.4, 0.5) is 0 Å². The first-order valence-corrected chi connectivity index (χ1v) is 20.0. The van der Waals surface area contributed by atoms with Crippen molar-refractivity contribution in [3.8, 4) is 0 Å². The summed E-state index contributed by atoms with van der Waals surface area (Å²) in [5.74, 6) is 0. The molecule has 0 aliphatic carbocycles. The van der Waals surface area contributed by atoms with Crippen molar-refractivity contribution in [2.24, 2.45) is 0 Å². The van der Waals surface area contributed by atoms with Gasteiger partial charge in [-0.3, -0.25) is 0 Å². The van der Waals surface area contributed by atoms with Gasteiger partial charge in [-0.15, -0.1) is 0 Å². The van der Waals surface area contributed by atoms with Crippen molar-refractivity contribution in [1.82, 2.24) is 0 Å². The van der Waals surface area contributed by atoms with Crippen molar-refractivity contribution in [1.29, 1.82) is 0 Å². The fourth-order valence-electron chi connectivity index (χ4n) is 4.22. The highest BCUT2D eigenvalue weighted by Crippen LogP contribution is 2.25. The molecule has 0 atom stereocenters. The van der Waals surface area contributed by atoms with Crippen LogP contribution < -0.4 is 0 Å². The molecule has 2 rings (SSSR count). The lowest BCUT2D eigenvalue weighted by molar-refractivity contribution is 0.118. The first-order chi connectivity index (χ1) is 16.7. The standard InChI is InChI=1S/C30H50O3Si2/c1-7-9-21-31-25-29-15-11-27(12-16-29)19-23-34(3,4)33-35(5,6)24-20-28-13-17-30(18-14-28)26-32-22-10-8-2/h11-18H,7-10,19-26H2,1-6H3. The minimum Gasteiger partial charge on any atom is -0.455 e. The molecule has 0 aromatic heterocycles. The largest absolute Gasteiger partial charge is 0.455 e. The number of benzene rings is 2. The van der Waals surface area contributed by atoms with Gasteiger partial charge in [0.05, 0.1) is 13.2 Å². The van der Waals surface area contributed by atoms with Crippen molar-refractivity contribution in [2.45, 2.75) is 104 Å². The molecule has 0 bridgehead atoms. The summed E-state index contributed by atoms with van der Waals surface area (Å²) >= 11 is 0. The van der Waals surface area contributed by atoms with E-state index in [4.69, 9.17) is 13.6 Å². The molecule has 0 amide bonds. The summed E-state index contributed by atoms with van der Waals surface area (Å²) in [6, 6.07) is 20.3. The van der Waals surface area contributed by atoms with Crippen LogP contribution in [0.3, 0.4) is 0 Å². The minimum atomic E-state index is -1.71. The average molecular weight is 515 g/mol. The molecule has 0 unspecified atom stereocenters. The van der Waals surface area contributed by atoms with Crippen LogP contribution in [0.2, 0.25) is 38.3 Å². The Bertz CT molecular complexity index is 747. The highest BCUT2D eigenvalue weighted by molar-refractivity contribution is 6.84. The molecule has 0 aliphatic rings. The fourth-order valence-corrected chi connectivity index (χ4v) is 12.8. The summed E-state index contributed by atoms with van der Waals surface area (Å²) in [5, 5.41) is 0. The summed E-state index contributed by atoms with van der Waals surface area (Å²) in [7, 11) is -3.43. The van der Waals surface area contributed by atoms with Crippen molar-refractivity contribution >= 4 is 16.6 Å². The van der Waals surface area contributed by atoms with Gasteiger partial charge in [-0.1, -0.05) is 75.2 Å². The molecule has 0 N–H and O–H groups in total. The molecule has 2 aromatic rings. The molecule has 0 heterocycles. The third kappa shape index (κ3) is 13.0. The van der Waals surface area contributed by atoms with Crippen molar-refractivity contribution in [3.63, 3.8) is 0 Å². The van der Waals surface area contributed by atoms with Gasteiger partial charge in [0.2, 0.25) is 0 Å². The Morgan fingerprint density at radius 2 is 0.886 bits per heavy atom. The Labute approximate surface area is 217 Å². The summed E-state index contributed by atoms with van der Waals surface area (Å²) in [5.41, 5.74) is 5.35. The second kappa shape index (κ2) is 15.8. The number of ether oxygens (including phenoxy) is 2. The number of hydrogen-bond donors (Lipinski definition) is 0. The lowest BCUT2D eigenvalue weighted by Crippen LogP contribution is -2.44. The van der Waals surface area contributed by atoms with Gasteiger partial charge in [0.1, 0.15) is 0 Å². The maximum Gasteiger partial charge on any atom is 0.173 e. The van der Waals surface area contributed by atoms with Gasteiger partial charge in [-0.25, -0.2) is 0 Å². The zero-order chi connectivity index (χ0) is 25.6. The van der Waals surface area contributed by atoms with Crippen LogP contribution in [0.1, 0.15) is 61.8 Å². The maximum absolute atomic E-state index is 6.91. The second-order valence-corrected chi connectivity index (χ2v) is 19.9. The van der Waals surface area contributed by atoms with E-state index in [1.54, 1.807) is 0 Å². The Balaban J connectivity index is 1.74. The van der Waals surface area contributed by atoms with Gasteiger partial charge in [-0.2, -0.15) is 0 Å². The molecule has 0 radical (unpaired) electrons. The Morgan fingerprint density at radius 1 is 0.543 bits per heavy atom. The highest BCUT2D eigenvalue weighted by atomic mass is 28.4. The maximum atomic E-state index is 6.91. The topological polar surface area (TPSA) is 27.7 Å². The minimum absolute atomic E-state index is 0.721. The van der Waals surface area contributed by atoms with Gasteiger partial charge in [0.15, 0.2) is 16.6 Å². The van der Waals surface area contributed by atoms with Crippen LogP contribution in [0.15, 0.2) is 48.5 Å². The van der Waals surface area contributed by atoms with Gasteiger partial charge in [0, 0.05) is 13.2 Å². The molecule has 0 aliphatic heterocycles. The number of unbranched alkanes of at least 4 members (excludes halogenated alkanes) is 2. The lowest BCUT2D eigenvalue weighted by atomic mass is 10.1. The van der Waals surface area contributed by atoms with Gasteiger partial charge in [0.25, 0.3) is 0 Å². The molecular formula is C30H50O3Si2. The smallest absolute Gasteiger partial charge is 0.173 e. The van der Waals surface area contributed by atoms with Crippen molar-refractivity contribution in [3.05, 3.63) is 70.8 Å². The van der Waals surface area contributed by atoms with E-state index in [-0.39, 0.29) is 0 Å². The molecule has 196 valence electrons. The van der Waals surface area contributed by atoms with E-state index < -0.39 is 16.6 Å². The van der Waals surface area contributed by atoms with Crippen LogP contribution in [-0.4, -0.2) is 29.8 Å². The first kappa shape index (κ1) is 30.0. The van der Waals surface area contributed by atoms with Crippen LogP contribution >= 0.6 is 0 Å². The Kier molecular flexibility index (Phi) is 13.5. The van der Waals surface area contributed by atoms with Crippen molar-refractivity contribution < 1.29 is 13.6 Å². The molecule has 0 fully saturated rings. The lowest BCUT2D eigenvalue weighted by Gasteiger charge is -2.34. The van der Waals surface area contributed by atoms with E-state index in [0.29, 0.717) is 0 Å². The van der Waals surface area contributed by atoms with E-state index >= 15 is 0 Å². The number of hydrogen-bond acceptors (Lipinski definition) is 3. The summed E-state index contributed by atoms with van der Waals surface area (Å²) < 4.78 is 18.4. The van der Waals surface area contributed by atoms with Gasteiger partial charge >= 0.3 is 0 Å². The van der Waals surface area contributed by atoms with Crippen LogP contribution in [0, 0.1) is 0 Å². The zero-order valence-electron chi connectivity index (χ0n) is 23.3. The zero-order valence-corrected chi connectivity index (χ0v) is 25.3. The highest BCUT2D eigenvalue weighted by Gasteiger charge is 2.32. The molecule has 35 heavy (non-hydrogen) atoms. The summed E-state index contributed by atoms with van der Waals surface area (Å²) in [6.45, 7) is 17.1. The molecule has 0 saturated carbocycles. The molecule has 0 spiro atoms. The van der Waals surface area contributed by atoms with Gasteiger partial charge < -0.3 is 13.6 Å². The van der Waals surface area contributed by atoms with Crippen LogP contribution in [0.5, 0.6) is 0 Å². The predicted molar refractivity (Wildman–Crippen MR) is 155 cm³/mol. The number of rotatable bonds is 18. The summed E-state index contributed by atoms with van der Waals surface area (Å²) in [4.78, 5) is 0. The predicted octanol–water partition coefficient (Wildman–Crippen LogP) is 8.53. The van der Waals surface area contributed by atoms with Gasteiger partial charge in [-0.05, 0) is 86.2 Å². The van der Waals surface area contributed by atoms with E-state index in [1.165, 1.54) is 47.2 Å². The van der Waals surface area contributed by atoms with E-state index in [0.717, 1.165) is 52.1 Å². The molecular weight excluding hydrogens is 464 g/mol. The van der Waals surface area contributed by atoms with E-state index in [1.807, 2.05) is 0 Å². The normalized spacial score (nSPS) is 12.3. The summed E-state index contributed by atoms with van der Waals surface area (Å²) in [6.07, 6.45) is 6.84. The van der Waals surface area contributed by atoms with Crippen molar-refractivity contribution in [2.75, 3.05) is 13.2 Å². The SMILES string of the molecule is CCCCOCc1ccc(CC[Si](C)(C)O[Si](C)(C)CCc2ccc(COCCCC)cc2)cc1. The Morgan fingerprint density at radius 3 is 1.23 bits per heavy atom. The number of aryl methyl sites for hydroxylation is 2. The average Bonchev–Trinajstić information content (AvgIpc) is 2.83. The molecule has 5 heteroatoms. The third-order valence-corrected chi connectivity index (χ3v) is 13.8. The molecule has 2 aromatic carbocycles. The Hall–Kier alpha value is -1.25. The monoisotopic (exact) mass is 514 g/mol. The molecule has 3 nitrogen and oxygen atoms in total. The fraction of sp³-hybridized carbons (Fsp3) is 0.600. The van der Waals surface area contributed by atoms with Crippen LogP contribution in [-0.2, 0) is 39.6 Å².